The van der Waals surface area contributed by atoms with Crippen LogP contribution in [0, 0.1) is 0 Å². The monoisotopic (exact) mass is 729 g/mol. The normalized spacial score (nSPS) is 13.9. The maximum atomic E-state index is 12.9. The number of allylic oxidation sites excluding steroid dienone is 3. The Kier molecular flexibility index (Phi) is 9.94. The van der Waals surface area contributed by atoms with Crippen LogP contribution in [0.2, 0.25) is 0 Å². The van der Waals surface area contributed by atoms with E-state index in [2.05, 4.69) is 36.3 Å². The molecule has 264 valence electrons. The van der Waals surface area contributed by atoms with Crippen LogP contribution in [0.25, 0.3) is 10.8 Å². The van der Waals surface area contributed by atoms with Crippen molar-refractivity contribution in [2.24, 2.45) is 25.6 Å². The van der Waals surface area contributed by atoms with Gasteiger partial charge in [0.1, 0.15) is 16.9 Å². The molecule has 0 heterocycles. The van der Waals surface area contributed by atoms with Crippen LogP contribution in [0.4, 0.5) is 45.5 Å². The number of azo groups is 2. The van der Waals surface area contributed by atoms with Gasteiger partial charge in [0.15, 0.2) is 5.78 Å². The Bertz CT molecular complexity index is 2560. The van der Waals surface area contributed by atoms with Gasteiger partial charge in [-0.3, -0.25) is 19.6 Å². The minimum atomic E-state index is -4.34. The van der Waals surface area contributed by atoms with E-state index in [1.165, 1.54) is 30.4 Å². The number of ketones is 1. The van der Waals surface area contributed by atoms with E-state index in [1.807, 2.05) is 0 Å². The molecule has 0 atom stereocenters. The second kappa shape index (κ2) is 14.9. The van der Waals surface area contributed by atoms with Gasteiger partial charge in [0, 0.05) is 11.3 Å². The van der Waals surface area contributed by atoms with Gasteiger partial charge < -0.3 is 21.9 Å². The van der Waals surface area contributed by atoms with Gasteiger partial charge >= 0.3 is 5.97 Å². The highest BCUT2D eigenvalue weighted by molar-refractivity contribution is 7.85. The first-order chi connectivity index (χ1) is 25.3. The zero-order valence-electron chi connectivity index (χ0n) is 27.2. The first kappa shape index (κ1) is 35.5. The van der Waals surface area contributed by atoms with E-state index in [0.29, 0.717) is 39.1 Å². The molecular weight excluding hydrogens is 703 g/mol. The number of rotatable bonds is 10. The number of aliphatic carboxylic acids is 1. The third-order valence-corrected chi connectivity index (χ3v) is 8.49. The molecule has 6 rings (SSSR count). The lowest BCUT2D eigenvalue weighted by Gasteiger charge is -2.08. The highest BCUT2D eigenvalue weighted by Crippen LogP contribution is 2.39. The molecule has 16 nitrogen and oxygen atoms in total. The van der Waals surface area contributed by atoms with Crippen molar-refractivity contribution < 1.29 is 32.5 Å². The van der Waals surface area contributed by atoms with E-state index in [-0.39, 0.29) is 44.8 Å². The van der Waals surface area contributed by atoms with E-state index in [0.717, 1.165) is 6.08 Å². The standard InChI is InChI=1S/C36H27N9O7S/c37-30-14-15-31(33(38)34(30)45-42-25-10-8-24(9-11-25)40-43-27-12-16-32(46)29(19-27)36(48)49)44-41-23-5-1-20(2-6-23)35(47)39-26-7-3-22-18-28(53(50,51)52)13-4-21(22)17-26/h1-19,40H,37-38H2,(H,39,47)(H,48,49)(H,50,51,52). The van der Waals surface area contributed by atoms with Gasteiger partial charge in [-0.25, -0.2) is 4.79 Å². The Morgan fingerprint density at radius 2 is 1.36 bits per heavy atom. The van der Waals surface area contributed by atoms with E-state index in [4.69, 9.17) is 16.6 Å². The first-order valence-electron chi connectivity index (χ1n) is 15.4. The number of carboxylic acid groups (broad SMARTS) is 1. The molecule has 1 aliphatic rings. The van der Waals surface area contributed by atoms with Gasteiger partial charge in [0.05, 0.1) is 39.0 Å². The Balaban J connectivity index is 1.08. The van der Waals surface area contributed by atoms with Gasteiger partial charge in [-0.1, -0.05) is 12.1 Å². The van der Waals surface area contributed by atoms with Crippen molar-refractivity contribution in [2.45, 2.75) is 4.90 Å². The summed E-state index contributed by atoms with van der Waals surface area (Å²) in [4.78, 5) is 35.5. The predicted molar refractivity (Wildman–Crippen MR) is 199 cm³/mol. The Hall–Kier alpha value is -7.37. The van der Waals surface area contributed by atoms with E-state index in [9.17, 15) is 27.4 Å². The number of carbonyl (C=O) groups is 3. The quantitative estimate of drug-likeness (QED) is 0.0209. The third kappa shape index (κ3) is 8.51. The number of anilines is 4. The van der Waals surface area contributed by atoms with E-state index >= 15 is 0 Å². The van der Waals surface area contributed by atoms with Gasteiger partial charge in [0.25, 0.3) is 16.0 Å². The number of carbonyl (C=O) groups excluding carboxylic acids is 2. The van der Waals surface area contributed by atoms with Gasteiger partial charge in [-0.05, 0) is 114 Å². The molecule has 0 saturated carbocycles. The van der Waals surface area contributed by atoms with Crippen LogP contribution in [0.15, 0.2) is 151 Å². The summed E-state index contributed by atoms with van der Waals surface area (Å²) in [6.07, 6.45) is 3.71. The summed E-state index contributed by atoms with van der Waals surface area (Å²) >= 11 is 0. The van der Waals surface area contributed by atoms with Crippen molar-refractivity contribution >= 4 is 89.8 Å². The molecule has 8 N–H and O–H groups in total. The van der Waals surface area contributed by atoms with Crippen LogP contribution >= 0.6 is 0 Å². The molecule has 0 bridgehead atoms. The smallest absolute Gasteiger partial charge is 0.339 e. The fraction of sp³-hybridized carbons (Fsp3) is 0. The van der Waals surface area contributed by atoms with Crippen LogP contribution in [0.5, 0.6) is 0 Å². The summed E-state index contributed by atoms with van der Waals surface area (Å²) in [5.41, 5.74) is 18.3. The molecule has 1 aliphatic carbocycles. The highest BCUT2D eigenvalue weighted by Gasteiger charge is 2.19. The van der Waals surface area contributed by atoms with Crippen LogP contribution in [0.1, 0.15) is 10.4 Å². The number of benzene rings is 5. The molecule has 17 heteroatoms. The summed E-state index contributed by atoms with van der Waals surface area (Å²) < 4.78 is 32.1. The zero-order valence-corrected chi connectivity index (χ0v) is 28.0. The molecule has 0 aliphatic heterocycles. The second-order valence-electron chi connectivity index (χ2n) is 11.3. The number of hydrogen-bond donors (Lipinski definition) is 6. The van der Waals surface area contributed by atoms with Gasteiger partial charge in [-0.2, -0.15) is 23.7 Å². The Morgan fingerprint density at radius 3 is 2.06 bits per heavy atom. The molecule has 5 aromatic rings. The zero-order chi connectivity index (χ0) is 37.7. The Labute approximate surface area is 300 Å². The molecule has 0 spiro atoms. The number of amides is 1. The number of nitrogen functional groups attached to an aromatic ring is 2. The van der Waals surface area contributed by atoms with Crippen molar-refractivity contribution in [1.82, 2.24) is 0 Å². The van der Waals surface area contributed by atoms with Gasteiger partial charge in [-0.15, -0.1) is 10.2 Å². The summed E-state index contributed by atoms with van der Waals surface area (Å²) in [6.45, 7) is 0. The molecule has 0 fully saturated rings. The molecule has 0 radical (unpaired) electrons. The molecule has 0 saturated heterocycles. The van der Waals surface area contributed by atoms with E-state index in [1.54, 1.807) is 78.9 Å². The average Bonchev–Trinajstić information content (AvgIpc) is 3.14. The number of nitrogens with two attached hydrogens (primary N) is 2. The van der Waals surface area contributed by atoms with E-state index < -0.39 is 21.9 Å². The number of hydrogen-bond acceptors (Lipinski definition) is 13. The maximum absolute atomic E-state index is 12.9. The number of nitrogens with one attached hydrogen (secondary N) is 2. The third-order valence-electron chi connectivity index (χ3n) is 7.64. The van der Waals surface area contributed by atoms with Crippen LogP contribution in [-0.2, 0) is 19.7 Å². The lowest BCUT2D eigenvalue weighted by molar-refractivity contribution is -0.134. The van der Waals surface area contributed by atoms with Crippen LogP contribution < -0.4 is 22.2 Å². The fourth-order valence-corrected chi connectivity index (χ4v) is 5.38. The van der Waals surface area contributed by atoms with Crippen molar-refractivity contribution in [3.8, 4) is 0 Å². The fourth-order valence-electron chi connectivity index (χ4n) is 4.86. The number of hydrazone groups is 1. The SMILES string of the molecule is Nc1ccc(N=Nc2ccc(C(=O)Nc3ccc4cc(S(=O)(=O)O)ccc4c3)cc2)c(N)c1N=Nc1ccc(NN=C2C=CC(=O)C(C(=O)O)=C2)cc1. The maximum Gasteiger partial charge on any atom is 0.339 e. The molecule has 53 heavy (non-hydrogen) atoms. The molecule has 5 aromatic carbocycles. The van der Waals surface area contributed by atoms with Gasteiger partial charge in [0.2, 0.25) is 0 Å². The number of fused-ring (bicyclic) bond motifs is 1. The number of carboxylic acids is 1. The summed E-state index contributed by atoms with van der Waals surface area (Å²) in [7, 11) is -4.34. The highest BCUT2D eigenvalue weighted by atomic mass is 32.2. The van der Waals surface area contributed by atoms with Crippen LogP contribution in [0.3, 0.4) is 0 Å². The van der Waals surface area contributed by atoms with Crippen LogP contribution in [-0.4, -0.2) is 41.4 Å². The van der Waals surface area contributed by atoms with Crippen molar-refractivity contribution in [2.75, 3.05) is 22.2 Å². The lowest BCUT2D eigenvalue weighted by atomic mass is 10.0. The summed E-state index contributed by atoms with van der Waals surface area (Å²) in [5, 5.41) is 34.1. The Morgan fingerprint density at radius 1 is 0.717 bits per heavy atom. The number of nitrogens with zero attached hydrogens (tertiary/aromatic N) is 5. The molecule has 1 amide bonds. The summed E-state index contributed by atoms with van der Waals surface area (Å²) in [5.74, 6) is -2.33. The lowest BCUT2D eigenvalue weighted by Crippen LogP contribution is -2.15. The first-order valence-corrected chi connectivity index (χ1v) is 16.8. The second-order valence-corrected chi connectivity index (χ2v) is 12.7. The minimum absolute atomic E-state index is 0.139. The largest absolute Gasteiger partial charge is 0.478 e. The summed E-state index contributed by atoms with van der Waals surface area (Å²) in [6, 6.07) is 25.2. The molecular formula is C36H27N9O7S. The predicted octanol–water partition coefficient (Wildman–Crippen LogP) is 7.25. The van der Waals surface area contributed by atoms with Crippen molar-refractivity contribution in [1.29, 1.82) is 0 Å². The average molecular weight is 730 g/mol. The minimum Gasteiger partial charge on any atom is -0.478 e. The topological polar surface area (TPSA) is 264 Å². The van der Waals surface area contributed by atoms with Crippen molar-refractivity contribution in [3.05, 3.63) is 126 Å². The molecule has 0 unspecified atom stereocenters. The van der Waals surface area contributed by atoms with Crippen molar-refractivity contribution in [3.63, 3.8) is 0 Å². The molecule has 0 aromatic heterocycles.